The number of rotatable bonds is 7. The van der Waals surface area contributed by atoms with E-state index in [0.717, 1.165) is 28.6 Å². The van der Waals surface area contributed by atoms with Crippen LogP contribution in [0.2, 0.25) is 0 Å². The largest absolute Gasteiger partial charge is 0.493 e. The van der Waals surface area contributed by atoms with Gasteiger partial charge >= 0.3 is 0 Å². The van der Waals surface area contributed by atoms with Crippen LogP contribution in [0.5, 0.6) is 11.5 Å². The summed E-state index contributed by atoms with van der Waals surface area (Å²) in [6.45, 7) is 4.32. The summed E-state index contributed by atoms with van der Waals surface area (Å²) in [5.74, 6) is 2.87. The number of methoxy groups -OCH3 is 2. The fourth-order valence-corrected chi connectivity index (χ4v) is 3.64. The molecule has 4 rings (SSSR count). The molecule has 0 bridgehead atoms. The Morgan fingerprint density at radius 1 is 1.17 bits per heavy atom. The molecule has 1 aliphatic rings. The number of ether oxygens (including phenoxy) is 4. The van der Waals surface area contributed by atoms with E-state index in [1.807, 2.05) is 41.4 Å². The van der Waals surface area contributed by atoms with Crippen molar-refractivity contribution in [1.82, 2.24) is 24.3 Å². The molecule has 1 aliphatic heterocycles. The zero-order chi connectivity index (χ0) is 21.1. The van der Waals surface area contributed by atoms with Crippen LogP contribution in [0.25, 0.3) is 11.5 Å². The Labute approximate surface area is 175 Å². The lowest BCUT2D eigenvalue weighted by Crippen LogP contribution is -2.32. The summed E-state index contributed by atoms with van der Waals surface area (Å²) in [7, 11) is 5.22. The van der Waals surface area contributed by atoms with Gasteiger partial charge in [-0.15, -0.1) is 0 Å². The Morgan fingerprint density at radius 3 is 2.67 bits per heavy atom. The van der Waals surface area contributed by atoms with Gasteiger partial charge in [-0.1, -0.05) is 6.07 Å². The minimum Gasteiger partial charge on any atom is -0.493 e. The van der Waals surface area contributed by atoms with Gasteiger partial charge in [-0.3, -0.25) is 0 Å². The Kier molecular flexibility index (Phi) is 6.01. The van der Waals surface area contributed by atoms with Crippen LogP contribution in [0.1, 0.15) is 17.1 Å². The zero-order valence-corrected chi connectivity index (χ0v) is 17.8. The van der Waals surface area contributed by atoms with E-state index >= 15 is 0 Å². The third-order valence-electron chi connectivity index (χ3n) is 5.12. The first kappa shape index (κ1) is 20.4. The Hall–Kier alpha value is -2.91. The van der Waals surface area contributed by atoms with E-state index in [9.17, 15) is 0 Å². The standard InChI is InChI=1S/C21H27N5O4/c1-14-20(25(2)13-22-14)21-23-19(24-26(21)11-16-12-29-7-8-30-16)10-15-5-6-17(27-3)18(9-15)28-4/h5-6,9,13,16H,7-8,10-12H2,1-4H3. The topological polar surface area (TPSA) is 85.5 Å². The van der Waals surface area contributed by atoms with Crippen molar-refractivity contribution in [1.29, 1.82) is 0 Å². The summed E-state index contributed by atoms with van der Waals surface area (Å²) in [6.07, 6.45) is 2.30. The normalized spacial score (nSPS) is 16.6. The van der Waals surface area contributed by atoms with E-state index in [2.05, 4.69) is 4.98 Å². The maximum absolute atomic E-state index is 5.83. The third kappa shape index (κ3) is 4.17. The second kappa shape index (κ2) is 8.85. The number of aryl methyl sites for hydroxylation is 2. The van der Waals surface area contributed by atoms with E-state index in [-0.39, 0.29) is 6.10 Å². The van der Waals surface area contributed by atoms with E-state index in [1.165, 1.54) is 0 Å². The molecule has 0 amide bonds. The van der Waals surface area contributed by atoms with Gasteiger partial charge in [0.25, 0.3) is 0 Å². The highest BCUT2D eigenvalue weighted by Gasteiger charge is 2.22. The Morgan fingerprint density at radius 2 is 2.00 bits per heavy atom. The van der Waals surface area contributed by atoms with Gasteiger partial charge in [0.15, 0.2) is 23.1 Å². The van der Waals surface area contributed by atoms with Gasteiger partial charge in [-0.05, 0) is 24.6 Å². The van der Waals surface area contributed by atoms with Crippen LogP contribution in [-0.4, -0.2) is 64.5 Å². The monoisotopic (exact) mass is 413 g/mol. The van der Waals surface area contributed by atoms with E-state index < -0.39 is 0 Å². The molecular formula is C21H27N5O4. The molecule has 1 fully saturated rings. The summed E-state index contributed by atoms with van der Waals surface area (Å²) < 4.78 is 26.0. The van der Waals surface area contributed by atoms with E-state index in [0.29, 0.717) is 44.3 Å². The van der Waals surface area contributed by atoms with Crippen LogP contribution in [0.4, 0.5) is 0 Å². The van der Waals surface area contributed by atoms with Crippen molar-refractivity contribution in [3.63, 3.8) is 0 Å². The number of hydrogen-bond donors (Lipinski definition) is 0. The van der Waals surface area contributed by atoms with Gasteiger partial charge in [-0.25, -0.2) is 14.6 Å². The van der Waals surface area contributed by atoms with Gasteiger partial charge in [0.2, 0.25) is 0 Å². The number of hydrogen-bond acceptors (Lipinski definition) is 7. The van der Waals surface area contributed by atoms with Crippen LogP contribution in [0.3, 0.4) is 0 Å². The van der Waals surface area contributed by atoms with Crippen molar-refractivity contribution >= 4 is 0 Å². The Bertz CT molecular complexity index is 987. The molecule has 0 radical (unpaired) electrons. The number of aromatic nitrogens is 5. The lowest BCUT2D eigenvalue weighted by atomic mass is 10.1. The molecule has 160 valence electrons. The summed E-state index contributed by atoms with van der Waals surface area (Å²) in [4.78, 5) is 9.27. The number of benzene rings is 1. The van der Waals surface area contributed by atoms with Crippen LogP contribution >= 0.6 is 0 Å². The number of nitrogens with zero attached hydrogens (tertiary/aromatic N) is 5. The van der Waals surface area contributed by atoms with Gasteiger partial charge in [0, 0.05) is 13.5 Å². The second-order valence-corrected chi connectivity index (χ2v) is 7.26. The lowest BCUT2D eigenvalue weighted by Gasteiger charge is -2.23. The predicted molar refractivity (Wildman–Crippen MR) is 110 cm³/mol. The van der Waals surface area contributed by atoms with Gasteiger partial charge in [0.05, 0.1) is 52.6 Å². The van der Waals surface area contributed by atoms with Gasteiger partial charge in [-0.2, -0.15) is 5.10 Å². The van der Waals surface area contributed by atoms with Crippen LogP contribution in [-0.2, 0) is 29.5 Å². The second-order valence-electron chi connectivity index (χ2n) is 7.26. The average molecular weight is 413 g/mol. The molecule has 1 aromatic carbocycles. The SMILES string of the molecule is COc1ccc(Cc2nc(-c3c(C)ncn3C)n(CC3COCCO3)n2)cc1OC. The van der Waals surface area contributed by atoms with Crippen molar-refractivity contribution in [2.45, 2.75) is 26.0 Å². The summed E-state index contributed by atoms with van der Waals surface area (Å²) in [5.41, 5.74) is 2.89. The maximum atomic E-state index is 5.83. The summed E-state index contributed by atoms with van der Waals surface area (Å²) in [6, 6.07) is 5.84. The Balaban J connectivity index is 1.66. The first-order valence-corrected chi connectivity index (χ1v) is 9.91. The predicted octanol–water partition coefficient (Wildman–Crippen LogP) is 2.01. The molecule has 3 aromatic rings. The van der Waals surface area contributed by atoms with Crippen molar-refractivity contribution in [3.05, 3.63) is 41.6 Å². The fourth-order valence-electron chi connectivity index (χ4n) is 3.64. The smallest absolute Gasteiger partial charge is 0.177 e. The summed E-state index contributed by atoms with van der Waals surface area (Å²) in [5, 5.41) is 4.79. The van der Waals surface area contributed by atoms with Gasteiger partial charge in [0.1, 0.15) is 11.8 Å². The first-order valence-electron chi connectivity index (χ1n) is 9.91. The molecule has 0 aliphatic carbocycles. The average Bonchev–Trinajstić information content (AvgIpc) is 3.30. The highest BCUT2D eigenvalue weighted by molar-refractivity contribution is 5.54. The minimum absolute atomic E-state index is 0.0540. The van der Waals surface area contributed by atoms with E-state index in [1.54, 1.807) is 20.5 Å². The van der Waals surface area contributed by atoms with Crippen molar-refractivity contribution in [2.24, 2.45) is 7.05 Å². The molecule has 30 heavy (non-hydrogen) atoms. The molecule has 0 N–H and O–H groups in total. The highest BCUT2D eigenvalue weighted by atomic mass is 16.6. The lowest BCUT2D eigenvalue weighted by molar-refractivity contribution is -0.0945. The molecule has 2 aromatic heterocycles. The fraction of sp³-hybridized carbons (Fsp3) is 0.476. The molecule has 0 spiro atoms. The molecule has 1 unspecified atom stereocenters. The van der Waals surface area contributed by atoms with Crippen LogP contribution < -0.4 is 9.47 Å². The molecule has 1 saturated heterocycles. The van der Waals surface area contributed by atoms with Crippen LogP contribution in [0.15, 0.2) is 24.5 Å². The molecular weight excluding hydrogens is 386 g/mol. The molecule has 1 atom stereocenters. The molecule has 0 saturated carbocycles. The molecule has 9 nitrogen and oxygen atoms in total. The van der Waals surface area contributed by atoms with Gasteiger partial charge < -0.3 is 23.5 Å². The van der Waals surface area contributed by atoms with E-state index in [4.69, 9.17) is 29.0 Å². The van der Waals surface area contributed by atoms with Crippen molar-refractivity contribution < 1.29 is 18.9 Å². The maximum Gasteiger partial charge on any atom is 0.177 e. The third-order valence-corrected chi connectivity index (χ3v) is 5.12. The minimum atomic E-state index is -0.0540. The van der Waals surface area contributed by atoms with Crippen molar-refractivity contribution in [3.8, 4) is 23.0 Å². The number of imidazole rings is 1. The van der Waals surface area contributed by atoms with Crippen molar-refractivity contribution in [2.75, 3.05) is 34.0 Å². The summed E-state index contributed by atoms with van der Waals surface area (Å²) >= 11 is 0. The molecule has 3 heterocycles. The molecule has 9 heteroatoms. The first-order chi connectivity index (χ1) is 14.6. The quantitative estimate of drug-likeness (QED) is 0.586. The van der Waals surface area contributed by atoms with Crippen LogP contribution in [0, 0.1) is 6.92 Å². The zero-order valence-electron chi connectivity index (χ0n) is 17.8. The highest BCUT2D eigenvalue weighted by Crippen LogP contribution is 2.29.